The monoisotopic (exact) mass is 642 g/mol. The van der Waals surface area contributed by atoms with Gasteiger partial charge in [-0.25, -0.2) is 4.79 Å². The third-order valence-corrected chi connectivity index (χ3v) is 5.85. The summed E-state index contributed by atoms with van der Waals surface area (Å²) in [4.78, 5) is 59.3. The highest BCUT2D eigenvalue weighted by molar-refractivity contribution is 5.91. The first-order chi connectivity index (χ1) is 21.4. The Morgan fingerprint density at radius 2 is 1.78 bits per heavy atom. The predicted octanol–water partition coefficient (Wildman–Crippen LogP) is 1.98. The molecule has 45 heavy (non-hydrogen) atoms. The zero-order valence-corrected chi connectivity index (χ0v) is 25.5. The highest BCUT2D eigenvalue weighted by atomic mass is 19.3. The number of carbonyl (C=O) groups excluding carboxylic acids is 4. The highest BCUT2D eigenvalue weighted by Gasteiger charge is 2.59. The van der Waals surface area contributed by atoms with Crippen LogP contribution in [0.2, 0.25) is 0 Å². The Balaban J connectivity index is 0.000000438. The molecule has 4 N–H and O–H groups in total. The number of esters is 1. The molecule has 2 amide bonds. The van der Waals surface area contributed by atoms with Crippen LogP contribution in [0.15, 0.2) is 41.3 Å². The zero-order valence-electron chi connectivity index (χ0n) is 25.5. The number of aromatic nitrogens is 2. The summed E-state index contributed by atoms with van der Waals surface area (Å²) >= 11 is 0. The summed E-state index contributed by atoms with van der Waals surface area (Å²) in [5, 5.41) is 23.4. The average molecular weight is 643 g/mol. The molecule has 16 heteroatoms. The fourth-order valence-corrected chi connectivity index (χ4v) is 3.65. The highest BCUT2D eigenvalue weighted by Crippen LogP contribution is 2.41. The molecule has 3 atom stereocenters. The van der Waals surface area contributed by atoms with E-state index in [1.165, 1.54) is 7.11 Å². The first kappa shape index (κ1) is 38.9. The number of rotatable bonds is 13. The van der Waals surface area contributed by atoms with Gasteiger partial charge in [0, 0.05) is 24.7 Å². The fourth-order valence-electron chi connectivity index (χ4n) is 3.65. The minimum atomic E-state index is -3.81. The maximum Gasteiger partial charge on any atom is 0.351 e. The third-order valence-electron chi connectivity index (χ3n) is 5.85. The number of halogens is 2. The number of hydrogen-bond acceptors (Lipinski definition) is 11. The van der Waals surface area contributed by atoms with Crippen molar-refractivity contribution in [2.45, 2.75) is 70.8 Å². The van der Waals surface area contributed by atoms with Crippen molar-refractivity contribution in [3.8, 4) is 0 Å². The van der Waals surface area contributed by atoms with Crippen LogP contribution in [0.3, 0.4) is 0 Å². The lowest BCUT2D eigenvalue weighted by molar-refractivity contribution is -0.141. The number of hydrogen-bond donors (Lipinski definition) is 4. The molecule has 2 heterocycles. The summed E-state index contributed by atoms with van der Waals surface area (Å²) in [6.07, 6.45) is -4.13. The number of ether oxygens (including phenoxy) is 3. The van der Waals surface area contributed by atoms with Gasteiger partial charge in [-0.2, -0.15) is 13.8 Å². The number of aliphatic hydroxyl groups is 2. The van der Waals surface area contributed by atoms with Gasteiger partial charge >= 0.3 is 17.6 Å². The number of aliphatic hydroxyl groups excluding tert-OH is 2. The molecule has 2 aromatic rings. The van der Waals surface area contributed by atoms with Gasteiger partial charge < -0.3 is 39.9 Å². The molecule has 1 aromatic heterocycles. The molecule has 250 valence electrons. The normalized spacial score (nSPS) is 17.9. The van der Waals surface area contributed by atoms with E-state index in [9.17, 15) is 37.9 Å². The predicted molar refractivity (Wildman–Crippen MR) is 158 cm³/mol. The van der Waals surface area contributed by atoms with E-state index >= 15 is 0 Å². The molecule has 1 fully saturated rings. The molecule has 3 rings (SSSR count). The Kier molecular flexibility index (Phi) is 17.3. The van der Waals surface area contributed by atoms with E-state index in [0.717, 1.165) is 23.5 Å². The quantitative estimate of drug-likeness (QED) is 0.142. The summed E-state index contributed by atoms with van der Waals surface area (Å²) in [7, 11) is 1.33. The number of aryl methyl sites for hydroxylation is 1. The number of amides is 2. The standard InChI is InChI=1S/C14H19NO4.C13H15F2N3O6.C2H6/c1-11-4-3-5-12(10-11)15-13(16)6-8-19-9-7-14(17)18-2;14-13(15)10(22)7(6-20)24-11(13)18-4-3-8(17-12(18)23)16-9(21)2-1-5-19;1-2/h3-5,10H,6-9H2,1-2H3,(H,15,16);3-5,7,10-11,20,22H,1-2,6H2,(H,16,17,21,23);1-2H3. The fraction of sp³-hybridized carbons (Fsp3) is 0.517. The number of benzene rings is 1. The van der Waals surface area contributed by atoms with Crippen molar-refractivity contribution in [2.24, 2.45) is 0 Å². The molecule has 1 aliphatic heterocycles. The number of alkyl halides is 2. The molecule has 0 aliphatic carbocycles. The summed E-state index contributed by atoms with van der Waals surface area (Å²) in [5.74, 6) is -4.97. The Morgan fingerprint density at radius 3 is 2.36 bits per heavy atom. The van der Waals surface area contributed by atoms with Gasteiger partial charge in [-0.15, -0.1) is 0 Å². The van der Waals surface area contributed by atoms with Crippen LogP contribution in [-0.2, 0) is 33.4 Å². The van der Waals surface area contributed by atoms with Gasteiger partial charge in [0.15, 0.2) is 6.10 Å². The zero-order chi connectivity index (χ0) is 34.0. The van der Waals surface area contributed by atoms with Crippen LogP contribution in [0.5, 0.6) is 0 Å². The van der Waals surface area contributed by atoms with Crippen LogP contribution >= 0.6 is 0 Å². The van der Waals surface area contributed by atoms with Gasteiger partial charge in [0.05, 0.1) is 39.8 Å². The van der Waals surface area contributed by atoms with Crippen LogP contribution in [0, 0.1) is 6.92 Å². The summed E-state index contributed by atoms with van der Waals surface area (Å²) in [6.45, 7) is 5.67. The number of carbonyl (C=O) groups is 4. The van der Waals surface area contributed by atoms with Gasteiger partial charge in [0.25, 0.3) is 0 Å². The molecule has 0 spiro atoms. The van der Waals surface area contributed by atoms with Crippen molar-refractivity contribution in [1.82, 2.24) is 9.55 Å². The smallest absolute Gasteiger partial charge is 0.351 e. The molecule has 1 aliphatic rings. The third kappa shape index (κ3) is 12.8. The summed E-state index contributed by atoms with van der Waals surface area (Å²) in [6, 6.07) is 8.68. The van der Waals surface area contributed by atoms with E-state index in [1.54, 1.807) is 0 Å². The topological polar surface area (TPSA) is 195 Å². The molecule has 14 nitrogen and oxygen atoms in total. The van der Waals surface area contributed by atoms with E-state index < -0.39 is 42.6 Å². The van der Waals surface area contributed by atoms with Crippen molar-refractivity contribution >= 4 is 35.6 Å². The van der Waals surface area contributed by atoms with E-state index in [1.807, 2.05) is 45.0 Å². The van der Waals surface area contributed by atoms with Gasteiger partial charge in [0.2, 0.25) is 18.0 Å². The Morgan fingerprint density at radius 1 is 1.11 bits per heavy atom. The summed E-state index contributed by atoms with van der Waals surface area (Å²) < 4.78 is 42.9. The van der Waals surface area contributed by atoms with E-state index in [2.05, 4.69) is 20.4 Å². The van der Waals surface area contributed by atoms with Crippen molar-refractivity contribution in [3.63, 3.8) is 0 Å². The largest absolute Gasteiger partial charge is 0.469 e. The van der Waals surface area contributed by atoms with Crippen molar-refractivity contribution in [1.29, 1.82) is 0 Å². The van der Waals surface area contributed by atoms with E-state index in [-0.39, 0.29) is 56.6 Å². The first-order valence-electron chi connectivity index (χ1n) is 14.1. The number of aldehydes is 1. The van der Waals surface area contributed by atoms with Crippen LogP contribution in [-0.4, -0.2) is 88.9 Å². The van der Waals surface area contributed by atoms with Crippen LogP contribution < -0.4 is 16.3 Å². The first-order valence-corrected chi connectivity index (χ1v) is 14.1. The van der Waals surface area contributed by atoms with Crippen LogP contribution in [0.4, 0.5) is 20.3 Å². The number of anilines is 2. The molecule has 1 aromatic carbocycles. The molecule has 1 saturated heterocycles. The second-order valence-electron chi connectivity index (χ2n) is 9.19. The average Bonchev–Trinajstić information content (AvgIpc) is 3.24. The minimum absolute atomic E-state index is 0.00846. The Labute approximate surface area is 258 Å². The lowest BCUT2D eigenvalue weighted by Gasteiger charge is -2.21. The van der Waals surface area contributed by atoms with Crippen molar-refractivity contribution in [2.75, 3.05) is 37.6 Å². The van der Waals surface area contributed by atoms with Crippen molar-refractivity contribution < 1.29 is 52.4 Å². The van der Waals surface area contributed by atoms with Crippen LogP contribution in [0.25, 0.3) is 0 Å². The molecule has 0 bridgehead atoms. The number of nitrogens with zero attached hydrogens (tertiary/aromatic N) is 2. The van der Waals surface area contributed by atoms with E-state index in [4.69, 9.17) is 14.6 Å². The van der Waals surface area contributed by atoms with Gasteiger partial charge in [-0.3, -0.25) is 19.0 Å². The van der Waals surface area contributed by atoms with Gasteiger partial charge in [-0.1, -0.05) is 26.0 Å². The maximum absolute atomic E-state index is 14.0. The van der Waals surface area contributed by atoms with Crippen LogP contribution in [0.1, 0.15) is 51.3 Å². The molecular formula is C29H40F2N4O10. The molecule has 3 unspecified atom stereocenters. The summed E-state index contributed by atoms with van der Waals surface area (Å²) in [5.41, 5.74) is 0.727. The van der Waals surface area contributed by atoms with E-state index in [0.29, 0.717) is 10.9 Å². The maximum atomic E-state index is 14.0. The second kappa shape index (κ2) is 20.0. The van der Waals surface area contributed by atoms with Gasteiger partial charge in [0.1, 0.15) is 18.2 Å². The number of nitrogens with one attached hydrogen (secondary N) is 2. The second-order valence-corrected chi connectivity index (χ2v) is 9.19. The SMILES string of the molecule is CC.COC(=O)CCOCCC(=O)Nc1cccc(C)c1.O=CCCC(=O)Nc1ccn(C2OC(CO)C(O)C2(F)F)c(=O)n1. The Bertz CT molecular complexity index is 1310. The minimum Gasteiger partial charge on any atom is -0.469 e. The number of methoxy groups -OCH3 is 1. The molecule has 0 radical (unpaired) electrons. The van der Waals surface area contributed by atoms with Gasteiger partial charge in [-0.05, 0) is 30.7 Å². The molecular weight excluding hydrogens is 602 g/mol. The Hall–Kier alpha value is -4.12. The lowest BCUT2D eigenvalue weighted by atomic mass is 10.1. The molecule has 0 saturated carbocycles. The van der Waals surface area contributed by atoms with Crippen molar-refractivity contribution in [3.05, 3.63) is 52.6 Å². The lowest BCUT2D eigenvalue weighted by Crippen LogP contribution is -2.41.